The number of rotatable bonds is 2. The number of aliphatic hydroxyl groups is 1. The Morgan fingerprint density at radius 1 is 1.17 bits per heavy atom. The summed E-state index contributed by atoms with van der Waals surface area (Å²) in [5, 5.41) is 9.54. The lowest BCUT2D eigenvalue weighted by molar-refractivity contribution is 0.0363. The highest BCUT2D eigenvalue weighted by molar-refractivity contribution is 4.81. The van der Waals surface area contributed by atoms with Crippen LogP contribution >= 0.6 is 0 Å². The number of hydrogen-bond acceptors (Lipinski definition) is 1. The standard InChI is InChI=1S/C11H22O/c1-4-5-11-8(2)6-10(12)7-9(11)3/h8-12H,4-7H2,1-3H3. The van der Waals surface area contributed by atoms with Crippen LogP contribution in [0.25, 0.3) is 0 Å². The first-order valence-corrected chi connectivity index (χ1v) is 5.33. The van der Waals surface area contributed by atoms with Crippen LogP contribution in [0, 0.1) is 17.8 Å². The highest BCUT2D eigenvalue weighted by Gasteiger charge is 2.31. The molecular formula is C11H22O. The molecule has 0 amide bonds. The van der Waals surface area contributed by atoms with Crippen LogP contribution in [0.1, 0.15) is 46.5 Å². The van der Waals surface area contributed by atoms with Crippen LogP contribution < -0.4 is 0 Å². The fourth-order valence-corrected chi connectivity index (χ4v) is 2.77. The smallest absolute Gasteiger partial charge is 0.0545 e. The highest BCUT2D eigenvalue weighted by Crippen LogP contribution is 2.37. The van der Waals surface area contributed by atoms with E-state index in [-0.39, 0.29) is 6.10 Å². The zero-order valence-electron chi connectivity index (χ0n) is 8.59. The van der Waals surface area contributed by atoms with Gasteiger partial charge in [-0.05, 0) is 30.6 Å². The lowest BCUT2D eigenvalue weighted by Gasteiger charge is -2.37. The van der Waals surface area contributed by atoms with E-state index in [9.17, 15) is 5.11 Å². The van der Waals surface area contributed by atoms with Crippen LogP contribution in [-0.2, 0) is 0 Å². The van der Waals surface area contributed by atoms with Crippen molar-refractivity contribution in [3.63, 3.8) is 0 Å². The zero-order valence-corrected chi connectivity index (χ0v) is 8.59. The van der Waals surface area contributed by atoms with Gasteiger partial charge in [0.25, 0.3) is 0 Å². The summed E-state index contributed by atoms with van der Waals surface area (Å²) in [6.07, 6.45) is 4.65. The minimum atomic E-state index is -0.0249. The first-order valence-electron chi connectivity index (χ1n) is 5.33. The summed E-state index contributed by atoms with van der Waals surface area (Å²) in [5.41, 5.74) is 0. The second-order valence-electron chi connectivity index (χ2n) is 4.53. The molecule has 0 aliphatic heterocycles. The lowest BCUT2D eigenvalue weighted by Crippen LogP contribution is -2.32. The molecule has 1 N–H and O–H groups in total. The van der Waals surface area contributed by atoms with Gasteiger partial charge in [-0.3, -0.25) is 0 Å². The van der Waals surface area contributed by atoms with E-state index in [1.54, 1.807) is 0 Å². The van der Waals surface area contributed by atoms with E-state index in [0.29, 0.717) is 0 Å². The molecule has 2 atom stereocenters. The average Bonchev–Trinajstić information content (AvgIpc) is 1.96. The molecule has 0 bridgehead atoms. The number of hydrogen-bond donors (Lipinski definition) is 1. The third kappa shape index (κ3) is 2.22. The van der Waals surface area contributed by atoms with E-state index in [1.165, 1.54) is 12.8 Å². The molecule has 2 unspecified atom stereocenters. The van der Waals surface area contributed by atoms with E-state index in [4.69, 9.17) is 0 Å². The van der Waals surface area contributed by atoms with Gasteiger partial charge in [0, 0.05) is 0 Å². The summed E-state index contributed by atoms with van der Waals surface area (Å²) in [6.45, 7) is 6.84. The number of aliphatic hydroxyl groups excluding tert-OH is 1. The molecule has 1 saturated carbocycles. The third-order valence-corrected chi connectivity index (χ3v) is 3.37. The molecule has 72 valence electrons. The Bertz CT molecular complexity index is 121. The van der Waals surface area contributed by atoms with E-state index >= 15 is 0 Å². The van der Waals surface area contributed by atoms with Crippen LogP contribution in [0.15, 0.2) is 0 Å². The van der Waals surface area contributed by atoms with Crippen LogP contribution in [0.5, 0.6) is 0 Å². The molecule has 1 heteroatoms. The molecule has 0 aromatic carbocycles. The van der Waals surface area contributed by atoms with Crippen LogP contribution in [0.2, 0.25) is 0 Å². The maximum Gasteiger partial charge on any atom is 0.0545 e. The molecule has 0 radical (unpaired) electrons. The van der Waals surface area contributed by atoms with Gasteiger partial charge in [-0.15, -0.1) is 0 Å². The summed E-state index contributed by atoms with van der Waals surface area (Å²) < 4.78 is 0. The van der Waals surface area contributed by atoms with Crippen molar-refractivity contribution in [3.05, 3.63) is 0 Å². The summed E-state index contributed by atoms with van der Waals surface area (Å²) >= 11 is 0. The minimum absolute atomic E-state index is 0.0249. The van der Waals surface area contributed by atoms with Crippen LogP contribution in [0.3, 0.4) is 0 Å². The van der Waals surface area contributed by atoms with Crippen molar-refractivity contribution in [1.29, 1.82) is 0 Å². The fraction of sp³-hybridized carbons (Fsp3) is 1.00. The molecule has 0 spiro atoms. The minimum Gasteiger partial charge on any atom is -0.393 e. The van der Waals surface area contributed by atoms with E-state index < -0.39 is 0 Å². The summed E-state index contributed by atoms with van der Waals surface area (Å²) in [7, 11) is 0. The van der Waals surface area contributed by atoms with Gasteiger partial charge in [0.05, 0.1) is 6.10 Å². The highest BCUT2D eigenvalue weighted by atomic mass is 16.3. The molecule has 1 rings (SSSR count). The Balaban J connectivity index is 2.48. The molecule has 1 aliphatic carbocycles. The molecule has 1 nitrogen and oxygen atoms in total. The lowest BCUT2D eigenvalue weighted by atomic mass is 9.71. The first-order chi connectivity index (χ1) is 5.65. The fourth-order valence-electron chi connectivity index (χ4n) is 2.77. The molecule has 0 heterocycles. The first kappa shape index (κ1) is 10.0. The van der Waals surface area contributed by atoms with Crippen LogP contribution in [-0.4, -0.2) is 11.2 Å². The molecule has 12 heavy (non-hydrogen) atoms. The Kier molecular flexibility index (Phi) is 3.57. The predicted molar refractivity (Wildman–Crippen MR) is 52.0 cm³/mol. The van der Waals surface area contributed by atoms with Crippen molar-refractivity contribution in [2.24, 2.45) is 17.8 Å². The normalized spacial score (nSPS) is 43.0. The predicted octanol–water partition coefficient (Wildman–Crippen LogP) is 2.83. The maximum absolute atomic E-state index is 9.54. The Morgan fingerprint density at radius 3 is 2.08 bits per heavy atom. The largest absolute Gasteiger partial charge is 0.393 e. The van der Waals surface area contributed by atoms with Crippen molar-refractivity contribution >= 4 is 0 Å². The Hall–Kier alpha value is -0.0400. The van der Waals surface area contributed by atoms with Gasteiger partial charge in [0.2, 0.25) is 0 Å². The maximum atomic E-state index is 9.54. The van der Waals surface area contributed by atoms with Gasteiger partial charge >= 0.3 is 0 Å². The Morgan fingerprint density at radius 2 is 1.67 bits per heavy atom. The average molecular weight is 170 g/mol. The van der Waals surface area contributed by atoms with E-state index in [1.807, 2.05) is 0 Å². The quantitative estimate of drug-likeness (QED) is 0.675. The van der Waals surface area contributed by atoms with Gasteiger partial charge in [0.1, 0.15) is 0 Å². The second kappa shape index (κ2) is 4.27. The van der Waals surface area contributed by atoms with Crippen LogP contribution in [0.4, 0.5) is 0 Å². The van der Waals surface area contributed by atoms with Crippen molar-refractivity contribution < 1.29 is 5.11 Å². The van der Waals surface area contributed by atoms with Gasteiger partial charge in [-0.2, -0.15) is 0 Å². The zero-order chi connectivity index (χ0) is 9.14. The van der Waals surface area contributed by atoms with Gasteiger partial charge in [-0.25, -0.2) is 0 Å². The molecule has 0 aromatic rings. The SMILES string of the molecule is CCCC1C(C)CC(O)CC1C. The van der Waals surface area contributed by atoms with E-state index in [0.717, 1.165) is 30.6 Å². The molecule has 1 aliphatic rings. The topological polar surface area (TPSA) is 20.2 Å². The monoisotopic (exact) mass is 170 g/mol. The third-order valence-electron chi connectivity index (χ3n) is 3.37. The second-order valence-corrected chi connectivity index (χ2v) is 4.53. The summed E-state index contributed by atoms with van der Waals surface area (Å²) in [5.74, 6) is 2.31. The van der Waals surface area contributed by atoms with Gasteiger partial charge in [-0.1, -0.05) is 33.6 Å². The molecule has 0 saturated heterocycles. The van der Waals surface area contributed by atoms with Crippen molar-refractivity contribution in [2.45, 2.75) is 52.6 Å². The van der Waals surface area contributed by atoms with Gasteiger partial charge < -0.3 is 5.11 Å². The summed E-state index contributed by atoms with van der Waals surface area (Å²) in [6, 6.07) is 0. The summed E-state index contributed by atoms with van der Waals surface area (Å²) in [4.78, 5) is 0. The van der Waals surface area contributed by atoms with E-state index in [2.05, 4.69) is 20.8 Å². The molecule has 0 aromatic heterocycles. The molecule has 1 fully saturated rings. The molecular weight excluding hydrogens is 148 g/mol. The van der Waals surface area contributed by atoms with Crippen molar-refractivity contribution in [1.82, 2.24) is 0 Å². The van der Waals surface area contributed by atoms with Crippen molar-refractivity contribution in [3.8, 4) is 0 Å². The Labute approximate surface area is 76.2 Å². The van der Waals surface area contributed by atoms with Gasteiger partial charge in [0.15, 0.2) is 0 Å². The van der Waals surface area contributed by atoms with Crippen molar-refractivity contribution in [2.75, 3.05) is 0 Å².